The summed E-state index contributed by atoms with van der Waals surface area (Å²) in [6.07, 6.45) is 2.73. The molecule has 88 valence electrons. The van der Waals surface area contributed by atoms with Gasteiger partial charge in [0.15, 0.2) is 0 Å². The van der Waals surface area contributed by atoms with E-state index in [2.05, 4.69) is 19.2 Å². The third-order valence-corrected chi connectivity index (χ3v) is 4.02. The first-order valence-corrected chi connectivity index (χ1v) is 6.54. The zero-order valence-electron chi connectivity index (χ0n) is 9.63. The van der Waals surface area contributed by atoms with Crippen LogP contribution in [0.1, 0.15) is 38.3 Å². The van der Waals surface area contributed by atoms with Crippen molar-refractivity contribution < 1.29 is 0 Å². The van der Waals surface area contributed by atoms with Crippen molar-refractivity contribution in [2.75, 3.05) is 0 Å². The lowest BCUT2D eigenvalue weighted by Gasteiger charge is -2.20. The molecule has 1 aliphatic rings. The summed E-state index contributed by atoms with van der Waals surface area (Å²) in [5.41, 5.74) is 1.20. The van der Waals surface area contributed by atoms with Crippen LogP contribution in [0.4, 0.5) is 0 Å². The van der Waals surface area contributed by atoms with Gasteiger partial charge in [0, 0.05) is 12.1 Å². The Balaban J connectivity index is 2.01. The monoisotopic (exact) mass is 257 g/mol. The predicted molar refractivity (Wildman–Crippen MR) is 70.2 cm³/mol. The van der Waals surface area contributed by atoms with Crippen molar-refractivity contribution in [1.82, 2.24) is 5.32 Å². The highest BCUT2D eigenvalue weighted by Crippen LogP contribution is 2.34. The zero-order valence-corrected chi connectivity index (χ0v) is 11.1. The molecule has 0 spiro atoms. The molecule has 1 aromatic carbocycles. The molecule has 0 aliphatic heterocycles. The summed E-state index contributed by atoms with van der Waals surface area (Å²) in [6.45, 7) is 4.42. The number of rotatable bonds is 4. The summed E-state index contributed by atoms with van der Waals surface area (Å²) in [4.78, 5) is 0. The molecule has 1 fully saturated rings. The number of benzene rings is 1. The average molecular weight is 258 g/mol. The van der Waals surface area contributed by atoms with Crippen LogP contribution in [0.25, 0.3) is 0 Å². The molecule has 3 heteroatoms. The average Bonchev–Trinajstić information content (AvgIpc) is 3.05. The summed E-state index contributed by atoms with van der Waals surface area (Å²) < 4.78 is 0. The smallest absolute Gasteiger partial charge is 0.0595 e. The van der Waals surface area contributed by atoms with Crippen LogP contribution in [-0.2, 0) is 0 Å². The Kier molecular flexibility index (Phi) is 3.78. The molecular formula is C13H17Cl2N. The maximum atomic E-state index is 6.01. The standard InChI is InChI=1S/C13H17Cl2N/c1-8(10-3-4-10)16-9(2)11-5-6-12(14)13(15)7-11/h5-10,16H,3-4H2,1-2H3. The Morgan fingerprint density at radius 3 is 2.44 bits per heavy atom. The van der Waals surface area contributed by atoms with Crippen LogP contribution < -0.4 is 5.32 Å². The van der Waals surface area contributed by atoms with Crippen LogP contribution in [0.15, 0.2) is 18.2 Å². The quantitative estimate of drug-likeness (QED) is 0.841. The van der Waals surface area contributed by atoms with Gasteiger partial charge in [-0.25, -0.2) is 0 Å². The minimum atomic E-state index is 0.324. The fourth-order valence-corrected chi connectivity index (χ4v) is 2.31. The summed E-state index contributed by atoms with van der Waals surface area (Å²) in [6, 6.07) is 6.75. The minimum Gasteiger partial charge on any atom is -0.307 e. The van der Waals surface area contributed by atoms with E-state index in [0.29, 0.717) is 22.1 Å². The summed E-state index contributed by atoms with van der Waals surface area (Å²) in [7, 11) is 0. The first-order valence-electron chi connectivity index (χ1n) is 5.79. The minimum absolute atomic E-state index is 0.324. The van der Waals surface area contributed by atoms with Gasteiger partial charge in [0.1, 0.15) is 0 Å². The van der Waals surface area contributed by atoms with Crippen LogP contribution in [0, 0.1) is 5.92 Å². The van der Waals surface area contributed by atoms with Crippen molar-refractivity contribution in [3.8, 4) is 0 Å². The maximum Gasteiger partial charge on any atom is 0.0595 e. The van der Waals surface area contributed by atoms with E-state index in [0.717, 1.165) is 5.92 Å². The predicted octanol–water partition coefficient (Wildman–Crippen LogP) is 4.44. The van der Waals surface area contributed by atoms with Gasteiger partial charge in [0.05, 0.1) is 10.0 Å². The molecule has 0 radical (unpaired) electrons. The van der Waals surface area contributed by atoms with Gasteiger partial charge < -0.3 is 5.32 Å². The number of hydrogen-bond acceptors (Lipinski definition) is 1. The lowest BCUT2D eigenvalue weighted by molar-refractivity contribution is 0.441. The molecule has 2 rings (SSSR count). The first-order chi connectivity index (χ1) is 7.58. The van der Waals surface area contributed by atoms with E-state index in [-0.39, 0.29) is 0 Å². The van der Waals surface area contributed by atoms with Crippen molar-refractivity contribution in [3.63, 3.8) is 0 Å². The van der Waals surface area contributed by atoms with Gasteiger partial charge in [0.25, 0.3) is 0 Å². The van der Waals surface area contributed by atoms with E-state index < -0.39 is 0 Å². The van der Waals surface area contributed by atoms with Gasteiger partial charge in [0.2, 0.25) is 0 Å². The zero-order chi connectivity index (χ0) is 11.7. The molecular weight excluding hydrogens is 241 g/mol. The summed E-state index contributed by atoms with van der Waals surface area (Å²) >= 11 is 11.9. The second kappa shape index (κ2) is 4.95. The van der Waals surface area contributed by atoms with E-state index >= 15 is 0 Å². The molecule has 1 nitrogen and oxygen atoms in total. The van der Waals surface area contributed by atoms with E-state index in [1.165, 1.54) is 18.4 Å². The van der Waals surface area contributed by atoms with E-state index in [1.807, 2.05) is 18.2 Å². The molecule has 1 aromatic rings. The lowest BCUT2D eigenvalue weighted by atomic mass is 10.1. The van der Waals surface area contributed by atoms with E-state index in [1.54, 1.807) is 0 Å². The molecule has 0 bridgehead atoms. The van der Waals surface area contributed by atoms with E-state index in [9.17, 15) is 0 Å². The van der Waals surface area contributed by atoms with Crippen LogP contribution in [0.2, 0.25) is 10.0 Å². The molecule has 1 saturated carbocycles. The van der Waals surface area contributed by atoms with Crippen molar-refractivity contribution in [1.29, 1.82) is 0 Å². The van der Waals surface area contributed by atoms with Crippen LogP contribution in [0.3, 0.4) is 0 Å². The Bertz CT molecular complexity index is 374. The molecule has 2 unspecified atom stereocenters. The van der Waals surface area contributed by atoms with Crippen molar-refractivity contribution >= 4 is 23.2 Å². The molecule has 1 aliphatic carbocycles. The van der Waals surface area contributed by atoms with Gasteiger partial charge in [-0.05, 0) is 50.3 Å². The Morgan fingerprint density at radius 1 is 1.19 bits per heavy atom. The first kappa shape index (κ1) is 12.2. The fraction of sp³-hybridized carbons (Fsp3) is 0.538. The molecule has 16 heavy (non-hydrogen) atoms. The molecule has 0 aromatic heterocycles. The molecule has 0 saturated heterocycles. The largest absolute Gasteiger partial charge is 0.307 e. The van der Waals surface area contributed by atoms with Crippen LogP contribution >= 0.6 is 23.2 Å². The van der Waals surface area contributed by atoms with Gasteiger partial charge in [-0.15, -0.1) is 0 Å². The third-order valence-electron chi connectivity index (χ3n) is 3.29. The second-order valence-electron chi connectivity index (χ2n) is 4.69. The SMILES string of the molecule is CC(NC(C)C1CC1)c1ccc(Cl)c(Cl)c1. The number of nitrogens with one attached hydrogen (secondary N) is 1. The highest BCUT2D eigenvalue weighted by atomic mass is 35.5. The van der Waals surface area contributed by atoms with Gasteiger partial charge in [-0.1, -0.05) is 29.3 Å². The third kappa shape index (κ3) is 2.91. The second-order valence-corrected chi connectivity index (χ2v) is 5.50. The van der Waals surface area contributed by atoms with Crippen molar-refractivity contribution in [3.05, 3.63) is 33.8 Å². The van der Waals surface area contributed by atoms with Gasteiger partial charge in [-0.2, -0.15) is 0 Å². The Morgan fingerprint density at radius 2 is 1.88 bits per heavy atom. The highest BCUT2D eigenvalue weighted by molar-refractivity contribution is 6.42. The molecule has 0 amide bonds. The lowest BCUT2D eigenvalue weighted by Crippen LogP contribution is -2.30. The van der Waals surface area contributed by atoms with E-state index in [4.69, 9.17) is 23.2 Å². The molecule has 0 heterocycles. The molecule has 1 N–H and O–H groups in total. The summed E-state index contributed by atoms with van der Waals surface area (Å²) in [5, 5.41) is 4.85. The highest BCUT2D eigenvalue weighted by Gasteiger charge is 2.28. The normalized spacial score (nSPS) is 19.5. The van der Waals surface area contributed by atoms with Crippen molar-refractivity contribution in [2.24, 2.45) is 5.92 Å². The van der Waals surface area contributed by atoms with Gasteiger partial charge >= 0.3 is 0 Å². The van der Waals surface area contributed by atoms with Crippen LogP contribution in [-0.4, -0.2) is 6.04 Å². The van der Waals surface area contributed by atoms with Crippen LogP contribution in [0.5, 0.6) is 0 Å². The maximum absolute atomic E-state index is 6.01. The Labute approximate surface area is 107 Å². The number of halogens is 2. The Hall–Kier alpha value is -0.240. The number of hydrogen-bond donors (Lipinski definition) is 1. The fourth-order valence-electron chi connectivity index (χ4n) is 2.00. The van der Waals surface area contributed by atoms with Crippen molar-refractivity contribution in [2.45, 2.75) is 38.8 Å². The summed E-state index contributed by atoms with van der Waals surface area (Å²) in [5.74, 6) is 0.866. The van der Waals surface area contributed by atoms with Gasteiger partial charge in [-0.3, -0.25) is 0 Å². The molecule has 2 atom stereocenters. The topological polar surface area (TPSA) is 12.0 Å².